The van der Waals surface area contributed by atoms with Gasteiger partial charge in [0.05, 0.1) is 25.4 Å². The van der Waals surface area contributed by atoms with E-state index in [1.54, 1.807) is 0 Å². The van der Waals surface area contributed by atoms with Crippen LogP contribution in [-0.2, 0) is 22.7 Å². The van der Waals surface area contributed by atoms with Crippen molar-refractivity contribution in [3.63, 3.8) is 0 Å². The minimum atomic E-state index is -0.176. The van der Waals surface area contributed by atoms with Gasteiger partial charge < -0.3 is 14.7 Å². The van der Waals surface area contributed by atoms with Gasteiger partial charge in [0, 0.05) is 18.6 Å². The quantitative estimate of drug-likeness (QED) is 0.102. The van der Waals surface area contributed by atoms with E-state index in [0.29, 0.717) is 19.6 Å². The molecule has 0 bridgehead atoms. The SMILES string of the molecule is C=C[C@@H](/C=C/[C@H](CCCCC)OCc1ccccc1)[C@@H](C/C=N/O)OCc1ccccc1. The molecular formula is C28H37NO3. The second-order valence-electron chi connectivity index (χ2n) is 7.90. The van der Waals surface area contributed by atoms with Gasteiger partial charge in [-0.25, -0.2) is 0 Å². The fourth-order valence-corrected chi connectivity index (χ4v) is 3.48. The molecule has 2 aromatic carbocycles. The first kappa shape index (κ1) is 25.6. The van der Waals surface area contributed by atoms with Crippen LogP contribution in [0.3, 0.4) is 0 Å². The Morgan fingerprint density at radius 2 is 1.53 bits per heavy atom. The highest BCUT2D eigenvalue weighted by Crippen LogP contribution is 2.19. The van der Waals surface area contributed by atoms with Gasteiger partial charge in [-0.3, -0.25) is 0 Å². The summed E-state index contributed by atoms with van der Waals surface area (Å²) in [4.78, 5) is 0. The minimum Gasteiger partial charge on any atom is -0.411 e. The average Bonchev–Trinajstić information content (AvgIpc) is 2.84. The molecule has 2 aromatic rings. The van der Waals surface area contributed by atoms with Gasteiger partial charge in [-0.15, -0.1) is 11.7 Å². The first-order chi connectivity index (χ1) is 15.8. The molecule has 1 N–H and O–H groups in total. The maximum absolute atomic E-state index is 8.92. The number of rotatable bonds is 16. The summed E-state index contributed by atoms with van der Waals surface area (Å²) in [5.41, 5.74) is 2.28. The summed E-state index contributed by atoms with van der Waals surface area (Å²) in [5.74, 6) is -0.0225. The second-order valence-corrected chi connectivity index (χ2v) is 7.90. The Bertz CT molecular complexity index is 789. The Morgan fingerprint density at radius 1 is 0.906 bits per heavy atom. The van der Waals surface area contributed by atoms with E-state index in [0.717, 1.165) is 18.4 Å². The maximum Gasteiger partial charge on any atom is 0.0760 e. The predicted molar refractivity (Wildman–Crippen MR) is 132 cm³/mol. The largest absolute Gasteiger partial charge is 0.411 e. The van der Waals surface area contributed by atoms with E-state index in [4.69, 9.17) is 14.7 Å². The van der Waals surface area contributed by atoms with Crippen LogP contribution in [0, 0.1) is 5.92 Å². The Kier molecular flexibility index (Phi) is 12.8. The number of unbranched alkanes of at least 4 members (excludes halogenated alkanes) is 2. The zero-order valence-electron chi connectivity index (χ0n) is 19.2. The predicted octanol–water partition coefficient (Wildman–Crippen LogP) is 6.95. The van der Waals surface area contributed by atoms with E-state index in [-0.39, 0.29) is 18.1 Å². The Labute approximate surface area is 193 Å². The van der Waals surface area contributed by atoms with Crippen LogP contribution < -0.4 is 0 Å². The second kappa shape index (κ2) is 16.0. The van der Waals surface area contributed by atoms with Gasteiger partial charge in [-0.05, 0) is 17.5 Å². The Balaban J connectivity index is 2.03. The smallest absolute Gasteiger partial charge is 0.0760 e. The van der Waals surface area contributed by atoms with Crippen LogP contribution in [0.15, 0.2) is 90.6 Å². The van der Waals surface area contributed by atoms with Crippen LogP contribution >= 0.6 is 0 Å². The fourth-order valence-electron chi connectivity index (χ4n) is 3.48. The highest BCUT2D eigenvalue weighted by molar-refractivity contribution is 5.57. The molecule has 0 saturated heterocycles. The van der Waals surface area contributed by atoms with Crippen molar-refractivity contribution in [1.82, 2.24) is 0 Å². The molecule has 0 aromatic heterocycles. The summed E-state index contributed by atoms with van der Waals surface area (Å²) in [6.07, 6.45) is 12.5. The molecule has 0 fully saturated rings. The highest BCUT2D eigenvalue weighted by atomic mass is 16.5. The third-order valence-electron chi connectivity index (χ3n) is 5.37. The molecule has 0 aliphatic heterocycles. The van der Waals surface area contributed by atoms with Gasteiger partial charge >= 0.3 is 0 Å². The van der Waals surface area contributed by atoms with E-state index >= 15 is 0 Å². The normalized spacial score (nSPS) is 14.5. The number of benzene rings is 2. The molecule has 4 heteroatoms. The van der Waals surface area contributed by atoms with Crippen LogP contribution in [0.1, 0.15) is 50.2 Å². The number of nitrogens with zero attached hydrogens (tertiary/aromatic N) is 1. The number of ether oxygens (including phenoxy) is 2. The van der Waals surface area contributed by atoms with Crippen molar-refractivity contribution in [2.45, 2.75) is 64.4 Å². The number of hydrogen-bond donors (Lipinski definition) is 1. The number of oxime groups is 1. The highest BCUT2D eigenvalue weighted by Gasteiger charge is 2.18. The lowest BCUT2D eigenvalue weighted by molar-refractivity contribution is 0.0288. The van der Waals surface area contributed by atoms with Crippen molar-refractivity contribution in [3.05, 3.63) is 96.6 Å². The molecule has 172 valence electrons. The van der Waals surface area contributed by atoms with Crippen LogP contribution in [0.5, 0.6) is 0 Å². The van der Waals surface area contributed by atoms with Gasteiger partial charge in [-0.1, -0.05) is 105 Å². The molecule has 0 aliphatic rings. The van der Waals surface area contributed by atoms with E-state index in [1.165, 1.54) is 24.6 Å². The summed E-state index contributed by atoms with van der Waals surface area (Å²) in [7, 11) is 0. The summed E-state index contributed by atoms with van der Waals surface area (Å²) in [5, 5.41) is 12.1. The van der Waals surface area contributed by atoms with E-state index in [1.807, 2.05) is 54.6 Å². The van der Waals surface area contributed by atoms with Crippen molar-refractivity contribution < 1.29 is 14.7 Å². The van der Waals surface area contributed by atoms with Gasteiger partial charge in [0.25, 0.3) is 0 Å². The van der Waals surface area contributed by atoms with Crippen LogP contribution in [0.2, 0.25) is 0 Å². The van der Waals surface area contributed by atoms with E-state index in [9.17, 15) is 0 Å². The molecule has 4 nitrogen and oxygen atoms in total. The molecule has 0 unspecified atom stereocenters. The van der Waals surface area contributed by atoms with E-state index in [2.05, 4.69) is 42.9 Å². The van der Waals surface area contributed by atoms with Gasteiger partial charge in [0.1, 0.15) is 0 Å². The molecule has 2 rings (SSSR count). The molecule has 0 spiro atoms. The molecule has 0 saturated carbocycles. The van der Waals surface area contributed by atoms with Crippen molar-refractivity contribution in [3.8, 4) is 0 Å². The van der Waals surface area contributed by atoms with Gasteiger partial charge in [0.2, 0.25) is 0 Å². The third kappa shape index (κ3) is 10.1. The summed E-state index contributed by atoms with van der Waals surface area (Å²) in [6.45, 7) is 7.30. The van der Waals surface area contributed by atoms with Crippen molar-refractivity contribution >= 4 is 6.21 Å². The number of hydrogen-bond acceptors (Lipinski definition) is 4. The molecule has 32 heavy (non-hydrogen) atoms. The Hall–Kier alpha value is -2.69. The first-order valence-corrected chi connectivity index (χ1v) is 11.5. The molecular weight excluding hydrogens is 398 g/mol. The van der Waals surface area contributed by atoms with Crippen LogP contribution in [-0.4, -0.2) is 23.6 Å². The summed E-state index contributed by atoms with van der Waals surface area (Å²) < 4.78 is 12.4. The molecule has 0 aliphatic carbocycles. The zero-order valence-corrected chi connectivity index (χ0v) is 19.2. The lowest BCUT2D eigenvalue weighted by Gasteiger charge is -2.22. The monoisotopic (exact) mass is 435 g/mol. The molecule has 0 radical (unpaired) electrons. The molecule has 3 atom stereocenters. The van der Waals surface area contributed by atoms with Gasteiger partial charge in [0.15, 0.2) is 0 Å². The molecule has 0 heterocycles. The van der Waals surface area contributed by atoms with Gasteiger partial charge in [-0.2, -0.15) is 0 Å². The lowest BCUT2D eigenvalue weighted by Crippen LogP contribution is -2.22. The third-order valence-corrected chi connectivity index (χ3v) is 5.37. The minimum absolute atomic E-state index is 0.0225. The Morgan fingerprint density at radius 3 is 2.09 bits per heavy atom. The maximum atomic E-state index is 8.92. The van der Waals surface area contributed by atoms with Crippen LogP contribution in [0.4, 0.5) is 0 Å². The first-order valence-electron chi connectivity index (χ1n) is 11.5. The van der Waals surface area contributed by atoms with E-state index < -0.39 is 0 Å². The van der Waals surface area contributed by atoms with Crippen molar-refractivity contribution in [1.29, 1.82) is 0 Å². The van der Waals surface area contributed by atoms with Crippen molar-refractivity contribution in [2.75, 3.05) is 0 Å². The molecule has 0 amide bonds. The summed E-state index contributed by atoms with van der Waals surface area (Å²) >= 11 is 0. The fraction of sp³-hybridized carbons (Fsp3) is 0.393. The van der Waals surface area contributed by atoms with Crippen molar-refractivity contribution in [2.24, 2.45) is 11.1 Å². The van der Waals surface area contributed by atoms with Crippen LogP contribution in [0.25, 0.3) is 0 Å². The average molecular weight is 436 g/mol. The zero-order chi connectivity index (χ0) is 22.9. The standard InChI is InChI=1S/C28H37NO3/c1-3-5-8-17-27(31-22-24-13-9-6-10-14-24)19-18-26(4-2)28(20-21-29-30)32-23-25-15-11-7-12-16-25/h4,6-7,9-16,18-19,21,26-28,30H,2-3,5,8,17,20,22-23H2,1H3/b19-18+,29-21+/t26-,27-,28+/m0/s1. The summed E-state index contributed by atoms with van der Waals surface area (Å²) in [6, 6.07) is 20.3. The lowest BCUT2D eigenvalue weighted by atomic mass is 9.98. The topological polar surface area (TPSA) is 51.0 Å².